The number of carbonyl (C=O) groups excluding carboxylic acids is 1. The van der Waals surface area contributed by atoms with Crippen LogP contribution in [0.15, 0.2) is 24.3 Å². The van der Waals surface area contributed by atoms with E-state index < -0.39 is 0 Å². The Morgan fingerprint density at radius 2 is 2.11 bits per heavy atom. The van der Waals surface area contributed by atoms with Crippen LogP contribution in [-0.4, -0.2) is 32.8 Å². The highest BCUT2D eigenvalue weighted by Crippen LogP contribution is 2.16. The van der Waals surface area contributed by atoms with E-state index in [9.17, 15) is 4.79 Å². The van der Waals surface area contributed by atoms with E-state index in [1.54, 1.807) is 7.11 Å². The molecule has 0 bridgehead atoms. The van der Waals surface area contributed by atoms with Gasteiger partial charge in [-0.15, -0.1) is 0 Å². The molecule has 106 valence electrons. The molecule has 0 aliphatic carbocycles. The first kappa shape index (κ1) is 15.5. The van der Waals surface area contributed by atoms with E-state index in [0.717, 1.165) is 11.3 Å². The Balaban J connectivity index is 2.59. The molecule has 0 aromatic heterocycles. The highest BCUT2D eigenvalue weighted by atomic mass is 16.5. The number of hydrogen-bond donors (Lipinski definition) is 3. The molecule has 19 heavy (non-hydrogen) atoms. The number of carbonyl (C=O) groups is 1. The smallest absolute Gasteiger partial charge is 0.319 e. The van der Waals surface area contributed by atoms with Crippen LogP contribution in [-0.2, 0) is 4.74 Å². The maximum Gasteiger partial charge on any atom is 0.319 e. The Morgan fingerprint density at radius 3 is 2.74 bits per heavy atom. The number of amides is 2. The minimum absolute atomic E-state index is 0.0237. The summed E-state index contributed by atoms with van der Waals surface area (Å²) in [4.78, 5) is 11.8. The molecular weight excluding hydrogens is 242 g/mol. The van der Waals surface area contributed by atoms with E-state index in [-0.39, 0.29) is 18.1 Å². The second-order valence-electron chi connectivity index (χ2n) is 4.59. The molecule has 0 saturated heterocycles. The van der Waals surface area contributed by atoms with E-state index in [2.05, 4.69) is 22.9 Å². The van der Waals surface area contributed by atoms with Gasteiger partial charge < -0.3 is 20.7 Å². The summed E-state index contributed by atoms with van der Waals surface area (Å²) in [5.74, 6) is 0. The molecule has 5 heteroatoms. The minimum Gasteiger partial charge on any atom is -0.383 e. The number of methoxy groups -OCH3 is 1. The average molecular weight is 265 g/mol. The predicted octanol–water partition coefficient (Wildman–Crippen LogP) is 2.12. The zero-order valence-corrected chi connectivity index (χ0v) is 12.0. The lowest BCUT2D eigenvalue weighted by Crippen LogP contribution is -2.38. The van der Waals surface area contributed by atoms with Crippen molar-refractivity contribution in [3.8, 4) is 0 Å². The lowest BCUT2D eigenvalue weighted by atomic mass is 10.1. The first-order chi connectivity index (χ1) is 9.06. The summed E-state index contributed by atoms with van der Waals surface area (Å²) in [5, 5.41) is 8.78. The van der Waals surface area contributed by atoms with Crippen LogP contribution < -0.4 is 16.0 Å². The van der Waals surface area contributed by atoms with Gasteiger partial charge in [0.2, 0.25) is 0 Å². The van der Waals surface area contributed by atoms with Gasteiger partial charge in [-0.05, 0) is 38.6 Å². The summed E-state index contributed by atoms with van der Waals surface area (Å²) < 4.78 is 4.97. The number of benzene rings is 1. The first-order valence-electron chi connectivity index (χ1n) is 6.40. The molecule has 2 unspecified atom stereocenters. The molecule has 1 aromatic carbocycles. The zero-order chi connectivity index (χ0) is 14.3. The summed E-state index contributed by atoms with van der Waals surface area (Å²) in [6, 6.07) is 7.78. The quantitative estimate of drug-likeness (QED) is 0.738. The largest absolute Gasteiger partial charge is 0.383 e. The Labute approximate surface area is 114 Å². The highest BCUT2D eigenvalue weighted by molar-refractivity contribution is 5.89. The molecule has 0 radical (unpaired) electrons. The topological polar surface area (TPSA) is 62.4 Å². The molecule has 0 saturated carbocycles. The van der Waals surface area contributed by atoms with E-state index in [4.69, 9.17) is 4.74 Å². The first-order valence-corrected chi connectivity index (χ1v) is 6.40. The summed E-state index contributed by atoms with van der Waals surface area (Å²) in [6.07, 6.45) is 0. The van der Waals surface area contributed by atoms with Crippen LogP contribution in [0.1, 0.15) is 25.5 Å². The van der Waals surface area contributed by atoms with Gasteiger partial charge >= 0.3 is 6.03 Å². The predicted molar refractivity (Wildman–Crippen MR) is 77.4 cm³/mol. The van der Waals surface area contributed by atoms with E-state index >= 15 is 0 Å². The molecule has 3 N–H and O–H groups in total. The van der Waals surface area contributed by atoms with Crippen molar-refractivity contribution in [2.24, 2.45) is 0 Å². The third-order valence-electron chi connectivity index (χ3n) is 2.87. The summed E-state index contributed by atoms with van der Waals surface area (Å²) in [7, 11) is 3.52. The molecule has 2 atom stereocenters. The van der Waals surface area contributed by atoms with Crippen LogP contribution in [0.3, 0.4) is 0 Å². The normalized spacial score (nSPS) is 13.7. The third-order valence-corrected chi connectivity index (χ3v) is 2.87. The molecular formula is C14H23N3O2. The third kappa shape index (κ3) is 5.28. The van der Waals surface area contributed by atoms with E-state index in [1.165, 1.54) is 0 Å². The maximum atomic E-state index is 11.8. The van der Waals surface area contributed by atoms with Crippen LogP contribution in [0.4, 0.5) is 10.5 Å². The van der Waals surface area contributed by atoms with Crippen LogP contribution in [0.5, 0.6) is 0 Å². The van der Waals surface area contributed by atoms with Gasteiger partial charge in [-0.2, -0.15) is 0 Å². The van der Waals surface area contributed by atoms with Gasteiger partial charge in [-0.3, -0.25) is 0 Å². The van der Waals surface area contributed by atoms with Gasteiger partial charge in [0, 0.05) is 18.8 Å². The van der Waals surface area contributed by atoms with Crippen molar-refractivity contribution in [3.63, 3.8) is 0 Å². The standard InChI is InChI=1S/C14H23N3O2/c1-10(9-19-4)16-14(18)17-13-7-5-6-12(8-13)11(2)15-3/h5-8,10-11,15H,9H2,1-4H3,(H2,16,17,18). The van der Waals surface area contributed by atoms with Crippen molar-refractivity contribution >= 4 is 11.7 Å². The average Bonchev–Trinajstić information content (AvgIpc) is 2.38. The Hall–Kier alpha value is -1.59. The van der Waals surface area contributed by atoms with Gasteiger partial charge in [0.05, 0.1) is 12.6 Å². The minimum atomic E-state index is -0.223. The number of rotatable bonds is 6. The van der Waals surface area contributed by atoms with Gasteiger partial charge in [-0.1, -0.05) is 12.1 Å². The Kier molecular flexibility index (Phi) is 6.32. The molecule has 0 heterocycles. The zero-order valence-electron chi connectivity index (χ0n) is 12.0. The summed E-state index contributed by atoms with van der Waals surface area (Å²) in [5.41, 5.74) is 1.91. The van der Waals surface area contributed by atoms with Crippen molar-refractivity contribution < 1.29 is 9.53 Å². The fraction of sp³-hybridized carbons (Fsp3) is 0.500. The number of ether oxygens (including phenoxy) is 1. The molecule has 1 rings (SSSR count). The van der Waals surface area contributed by atoms with Gasteiger partial charge in [0.15, 0.2) is 0 Å². The van der Waals surface area contributed by atoms with Crippen molar-refractivity contribution in [1.82, 2.24) is 10.6 Å². The van der Waals surface area contributed by atoms with Crippen molar-refractivity contribution in [2.45, 2.75) is 25.9 Å². The van der Waals surface area contributed by atoms with Crippen molar-refractivity contribution in [3.05, 3.63) is 29.8 Å². The number of hydrogen-bond acceptors (Lipinski definition) is 3. The molecule has 2 amide bonds. The van der Waals surface area contributed by atoms with E-state index in [0.29, 0.717) is 6.61 Å². The Morgan fingerprint density at radius 1 is 1.37 bits per heavy atom. The molecule has 0 fully saturated rings. The lowest BCUT2D eigenvalue weighted by molar-refractivity contribution is 0.173. The molecule has 5 nitrogen and oxygen atoms in total. The summed E-state index contributed by atoms with van der Waals surface area (Å²) in [6.45, 7) is 4.45. The second kappa shape index (κ2) is 7.76. The summed E-state index contributed by atoms with van der Waals surface area (Å²) >= 11 is 0. The number of anilines is 1. The van der Waals surface area contributed by atoms with Crippen molar-refractivity contribution in [1.29, 1.82) is 0 Å². The van der Waals surface area contributed by atoms with Crippen molar-refractivity contribution in [2.75, 3.05) is 26.1 Å². The SMILES string of the molecule is CNC(C)c1cccc(NC(=O)NC(C)COC)c1. The monoisotopic (exact) mass is 265 g/mol. The fourth-order valence-corrected chi connectivity index (χ4v) is 1.74. The second-order valence-corrected chi connectivity index (χ2v) is 4.59. The molecule has 0 aliphatic heterocycles. The van der Waals surface area contributed by atoms with E-state index in [1.807, 2.05) is 38.2 Å². The maximum absolute atomic E-state index is 11.8. The van der Waals surface area contributed by atoms with Gasteiger partial charge in [0.25, 0.3) is 0 Å². The lowest BCUT2D eigenvalue weighted by Gasteiger charge is -2.15. The van der Waals surface area contributed by atoms with Gasteiger partial charge in [-0.25, -0.2) is 4.79 Å². The van der Waals surface area contributed by atoms with Crippen LogP contribution >= 0.6 is 0 Å². The van der Waals surface area contributed by atoms with Crippen LogP contribution in [0.25, 0.3) is 0 Å². The van der Waals surface area contributed by atoms with Crippen LogP contribution in [0, 0.1) is 0 Å². The molecule has 0 spiro atoms. The fourth-order valence-electron chi connectivity index (χ4n) is 1.74. The number of nitrogens with one attached hydrogen (secondary N) is 3. The number of urea groups is 1. The van der Waals surface area contributed by atoms with Gasteiger partial charge in [0.1, 0.15) is 0 Å². The highest BCUT2D eigenvalue weighted by Gasteiger charge is 2.08. The Bertz CT molecular complexity index is 409. The van der Waals surface area contributed by atoms with Crippen LogP contribution in [0.2, 0.25) is 0 Å². The molecule has 1 aromatic rings. The molecule has 0 aliphatic rings.